The number of benzene rings is 2. The maximum absolute atomic E-state index is 13.0. The van der Waals surface area contributed by atoms with Gasteiger partial charge in [-0.25, -0.2) is 4.98 Å². The van der Waals surface area contributed by atoms with Crippen LogP contribution in [0.15, 0.2) is 77.4 Å². The highest BCUT2D eigenvalue weighted by molar-refractivity contribution is 7.22. The van der Waals surface area contributed by atoms with E-state index in [0.29, 0.717) is 11.7 Å². The third kappa shape index (κ3) is 4.05. The zero-order chi connectivity index (χ0) is 19.3. The summed E-state index contributed by atoms with van der Waals surface area (Å²) >= 11 is 1.53. The highest BCUT2D eigenvalue weighted by Gasteiger charge is 2.19. The SMILES string of the molecule is CCc1ccc2nc(N(Cc3ccco3)C(=O)/C=C/c3ccccc3)sc2c1. The molecular weight excluding hydrogens is 368 g/mol. The van der Waals surface area contributed by atoms with Crippen LogP contribution in [0.2, 0.25) is 0 Å². The van der Waals surface area contributed by atoms with Crippen LogP contribution in [0, 0.1) is 0 Å². The molecule has 0 bridgehead atoms. The lowest BCUT2D eigenvalue weighted by Crippen LogP contribution is -2.28. The van der Waals surface area contributed by atoms with Crippen LogP contribution in [-0.4, -0.2) is 10.9 Å². The smallest absolute Gasteiger partial charge is 0.253 e. The minimum Gasteiger partial charge on any atom is -0.467 e. The molecule has 0 fully saturated rings. The predicted molar refractivity (Wildman–Crippen MR) is 114 cm³/mol. The normalized spacial score (nSPS) is 11.3. The molecule has 0 N–H and O–H groups in total. The molecular formula is C23H20N2O2S. The number of anilines is 1. The molecule has 0 aliphatic carbocycles. The van der Waals surface area contributed by atoms with Crippen LogP contribution in [0.25, 0.3) is 16.3 Å². The van der Waals surface area contributed by atoms with Crippen LogP contribution in [0.4, 0.5) is 5.13 Å². The van der Waals surface area contributed by atoms with Crippen LogP contribution >= 0.6 is 11.3 Å². The highest BCUT2D eigenvalue weighted by atomic mass is 32.1. The molecule has 2 aromatic carbocycles. The van der Waals surface area contributed by atoms with Gasteiger partial charge < -0.3 is 4.42 Å². The molecule has 0 saturated carbocycles. The van der Waals surface area contributed by atoms with Gasteiger partial charge in [-0.2, -0.15) is 0 Å². The Morgan fingerprint density at radius 3 is 2.75 bits per heavy atom. The van der Waals surface area contributed by atoms with Crippen molar-refractivity contribution in [3.8, 4) is 0 Å². The van der Waals surface area contributed by atoms with E-state index < -0.39 is 0 Å². The van der Waals surface area contributed by atoms with Crippen molar-refractivity contribution >= 4 is 38.7 Å². The van der Waals surface area contributed by atoms with Crippen molar-refractivity contribution < 1.29 is 9.21 Å². The molecule has 0 atom stereocenters. The maximum atomic E-state index is 13.0. The van der Waals surface area contributed by atoms with E-state index in [0.717, 1.165) is 28.0 Å². The number of nitrogens with zero attached hydrogens (tertiary/aromatic N) is 2. The Hall–Kier alpha value is -3.18. The molecule has 0 spiro atoms. The van der Waals surface area contributed by atoms with Gasteiger partial charge in [-0.1, -0.05) is 54.7 Å². The monoisotopic (exact) mass is 388 g/mol. The number of amides is 1. The first-order valence-corrected chi connectivity index (χ1v) is 10.0. The van der Waals surface area contributed by atoms with Crippen LogP contribution in [0.5, 0.6) is 0 Å². The molecule has 0 aliphatic rings. The second-order valence-electron chi connectivity index (χ2n) is 6.40. The Morgan fingerprint density at radius 2 is 2.00 bits per heavy atom. The van der Waals surface area contributed by atoms with Crippen molar-refractivity contribution in [2.45, 2.75) is 19.9 Å². The zero-order valence-electron chi connectivity index (χ0n) is 15.5. The molecule has 1 amide bonds. The minimum absolute atomic E-state index is 0.130. The number of hydrogen-bond acceptors (Lipinski definition) is 4. The van der Waals surface area contributed by atoms with Gasteiger partial charge in [0.15, 0.2) is 5.13 Å². The van der Waals surface area contributed by atoms with Gasteiger partial charge in [0.1, 0.15) is 5.76 Å². The van der Waals surface area contributed by atoms with Gasteiger partial charge in [-0.15, -0.1) is 0 Å². The lowest BCUT2D eigenvalue weighted by Gasteiger charge is -2.16. The number of fused-ring (bicyclic) bond motifs is 1. The number of aryl methyl sites for hydroxylation is 1. The van der Waals surface area contributed by atoms with Gasteiger partial charge >= 0.3 is 0 Å². The van der Waals surface area contributed by atoms with Crippen LogP contribution in [-0.2, 0) is 17.8 Å². The van der Waals surface area contributed by atoms with E-state index in [9.17, 15) is 4.79 Å². The van der Waals surface area contributed by atoms with E-state index in [4.69, 9.17) is 9.40 Å². The Bertz CT molecular complexity index is 1100. The summed E-state index contributed by atoms with van der Waals surface area (Å²) < 4.78 is 6.55. The minimum atomic E-state index is -0.130. The summed E-state index contributed by atoms with van der Waals surface area (Å²) in [4.78, 5) is 19.4. The van der Waals surface area contributed by atoms with Crippen molar-refractivity contribution in [3.63, 3.8) is 0 Å². The largest absolute Gasteiger partial charge is 0.467 e. The third-order valence-electron chi connectivity index (χ3n) is 4.46. The summed E-state index contributed by atoms with van der Waals surface area (Å²) in [6.07, 6.45) is 5.99. The fourth-order valence-corrected chi connectivity index (χ4v) is 3.95. The molecule has 0 aliphatic heterocycles. The molecule has 4 nitrogen and oxygen atoms in total. The highest BCUT2D eigenvalue weighted by Crippen LogP contribution is 2.31. The Morgan fingerprint density at radius 1 is 1.14 bits per heavy atom. The number of aromatic nitrogens is 1. The van der Waals surface area contributed by atoms with Crippen molar-refractivity contribution in [1.29, 1.82) is 0 Å². The lowest BCUT2D eigenvalue weighted by atomic mass is 10.2. The maximum Gasteiger partial charge on any atom is 0.253 e. The summed E-state index contributed by atoms with van der Waals surface area (Å²) in [6.45, 7) is 2.47. The van der Waals surface area contributed by atoms with E-state index in [1.54, 1.807) is 17.2 Å². The van der Waals surface area contributed by atoms with E-state index in [1.807, 2.05) is 54.6 Å². The number of carbonyl (C=O) groups excluding carboxylic acids is 1. The summed E-state index contributed by atoms with van der Waals surface area (Å²) in [7, 11) is 0. The molecule has 5 heteroatoms. The van der Waals surface area contributed by atoms with Gasteiger partial charge in [-0.3, -0.25) is 9.69 Å². The molecule has 0 unspecified atom stereocenters. The van der Waals surface area contributed by atoms with Crippen molar-refractivity contribution in [2.75, 3.05) is 4.90 Å². The summed E-state index contributed by atoms with van der Waals surface area (Å²) in [5, 5.41) is 0.669. The summed E-state index contributed by atoms with van der Waals surface area (Å²) in [5.74, 6) is 0.588. The molecule has 0 radical (unpaired) electrons. The topological polar surface area (TPSA) is 46.3 Å². The average molecular weight is 388 g/mol. The average Bonchev–Trinajstić information content (AvgIpc) is 3.39. The van der Waals surface area contributed by atoms with E-state index >= 15 is 0 Å². The second-order valence-corrected chi connectivity index (χ2v) is 7.41. The fraction of sp³-hybridized carbons (Fsp3) is 0.130. The fourth-order valence-electron chi connectivity index (χ4n) is 2.91. The third-order valence-corrected chi connectivity index (χ3v) is 5.50. The first-order chi connectivity index (χ1) is 13.7. The standard InChI is InChI=1S/C23H20N2O2S/c1-2-17-10-12-20-21(15-17)28-23(24-20)25(16-19-9-6-14-27-19)22(26)13-11-18-7-4-3-5-8-18/h3-15H,2,16H2,1H3/b13-11+. The van der Waals surface area contributed by atoms with E-state index in [1.165, 1.54) is 16.9 Å². The van der Waals surface area contributed by atoms with Gasteiger partial charge in [0.25, 0.3) is 5.91 Å². The van der Waals surface area contributed by atoms with Gasteiger partial charge in [-0.05, 0) is 47.9 Å². The lowest BCUT2D eigenvalue weighted by molar-refractivity contribution is -0.114. The number of furan rings is 1. The van der Waals surface area contributed by atoms with Gasteiger partial charge in [0, 0.05) is 6.08 Å². The van der Waals surface area contributed by atoms with Crippen molar-refractivity contribution in [3.05, 3.63) is 89.9 Å². The molecule has 4 aromatic rings. The number of thiazole rings is 1. The van der Waals surface area contributed by atoms with E-state index in [-0.39, 0.29) is 5.91 Å². The first-order valence-electron chi connectivity index (χ1n) is 9.19. The second kappa shape index (κ2) is 8.23. The number of rotatable bonds is 6. The summed E-state index contributed by atoms with van der Waals surface area (Å²) in [6, 6.07) is 19.7. The Labute approximate surface area is 167 Å². The van der Waals surface area contributed by atoms with E-state index in [2.05, 4.69) is 19.1 Å². The van der Waals surface area contributed by atoms with Crippen LogP contribution in [0.1, 0.15) is 23.8 Å². The molecule has 2 heterocycles. The molecule has 2 aromatic heterocycles. The summed E-state index contributed by atoms with van der Waals surface area (Å²) in [5.41, 5.74) is 3.14. The predicted octanol–water partition coefficient (Wildman–Crippen LogP) is 5.70. The van der Waals surface area contributed by atoms with Gasteiger partial charge in [0.2, 0.25) is 0 Å². The Kier molecular flexibility index (Phi) is 5.35. The Balaban J connectivity index is 1.67. The zero-order valence-corrected chi connectivity index (χ0v) is 16.4. The molecule has 140 valence electrons. The van der Waals surface area contributed by atoms with Crippen LogP contribution in [0.3, 0.4) is 0 Å². The van der Waals surface area contributed by atoms with Crippen molar-refractivity contribution in [1.82, 2.24) is 4.98 Å². The molecule has 0 saturated heterocycles. The molecule has 28 heavy (non-hydrogen) atoms. The van der Waals surface area contributed by atoms with Gasteiger partial charge in [0.05, 0.1) is 23.0 Å². The first kappa shape index (κ1) is 18.2. The number of hydrogen-bond donors (Lipinski definition) is 0. The number of carbonyl (C=O) groups is 1. The van der Waals surface area contributed by atoms with Crippen LogP contribution < -0.4 is 4.90 Å². The van der Waals surface area contributed by atoms with Crippen molar-refractivity contribution in [2.24, 2.45) is 0 Å². The quantitative estimate of drug-likeness (QED) is 0.398. The molecule has 4 rings (SSSR count).